The molecule has 1 aliphatic rings. The Morgan fingerprint density at radius 3 is 2.86 bits per heavy atom. The maximum atomic E-state index is 6.31. The summed E-state index contributed by atoms with van der Waals surface area (Å²) >= 11 is 8.07. The fourth-order valence-electron chi connectivity index (χ4n) is 4.19. The minimum Gasteiger partial charge on any atom is -0.344 e. The second-order valence-corrected chi connectivity index (χ2v) is 8.85. The smallest absolute Gasteiger partial charge is 0.0950 e. The lowest BCUT2D eigenvalue weighted by Crippen LogP contribution is -2.27. The first-order valence-electron chi connectivity index (χ1n) is 9.67. The van der Waals surface area contributed by atoms with Gasteiger partial charge < -0.3 is 9.47 Å². The lowest BCUT2D eigenvalue weighted by Gasteiger charge is -2.24. The van der Waals surface area contributed by atoms with Crippen LogP contribution in [0.4, 0.5) is 0 Å². The number of hydrogen-bond donors (Lipinski definition) is 0. The van der Waals surface area contributed by atoms with Crippen molar-refractivity contribution in [2.75, 3.05) is 13.6 Å². The maximum absolute atomic E-state index is 6.31. The molecule has 0 fully saturated rings. The number of rotatable bonds is 4. The van der Waals surface area contributed by atoms with E-state index in [-0.39, 0.29) is 0 Å². The van der Waals surface area contributed by atoms with Gasteiger partial charge in [-0.1, -0.05) is 41.9 Å². The topological polar surface area (TPSA) is 21.1 Å². The lowest BCUT2D eigenvalue weighted by atomic mass is 10.1. The standard InChI is InChI=1S/C23H22ClN3S/c1-26-11-9-22-19(14-26)18-13-17(24)7-8-21(18)27(22)12-10-23-25-20(15-28-23)16-5-3-2-4-6-16/h2-8,13,15H,9-12,14H2,1H3. The minimum atomic E-state index is 0.813. The molecule has 4 aromatic rings. The third kappa shape index (κ3) is 3.26. The van der Waals surface area contributed by atoms with Crippen LogP contribution in [-0.2, 0) is 25.9 Å². The van der Waals surface area contributed by atoms with E-state index in [1.807, 2.05) is 12.1 Å². The van der Waals surface area contributed by atoms with Crippen LogP contribution in [0, 0.1) is 0 Å². The summed E-state index contributed by atoms with van der Waals surface area (Å²) in [7, 11) is 2.19. The van der Waals surface area contributed by atoms with Crippen molar-refractivity contribution in [2.24, 2.45) is 0 Å². The first kappa shape index (κ1) is 17.9. The first-order valence-corrected chi connectivity index (χ1v) is 10.9. The van der Waals surface area contributed by atoms with Crippen LogP contribution >= 0.6 is 22.9 Å². The molecule has 0 aliphatic carbocycles. The molecule has 0 saturated heterocycles. The molecule has 5 rings (SSSR count). The van der Waals surface area contributed by atoms with E-state index >= 15 is 0 Å². The van der Waals surface area contributed by atoms with E-state index in [0.29, 0.717) is 0 Å². The zero-order chi connectivity index (χ0) is 19.1. The van der Waals surface area contributed by atoms with Gasteiger partial charge in [-0.2, -0.15) is 0 Å². The van der Waals surface area contributed by atoms with Gasteiger partial charge in [-0.05, 0) is 30.8 Å². The van der Waals surface area contributed by atoms with E-state index < -0.39 is 0 Å². The van der Waals surface area contributed by atoms with Crippen molar-refractivity contribution in [3.8, 4) is 11.3 Å². The van der Waals surface area contributed by atoms with Crippen molar-refractivity contribution in [1.29, 1.82) is 0 Å². The Kier molecular flexibility index (Phi) is 4.71. The molecule has 0 atom stereocenters. The molecule has 0 unspecified atom stereocenters. The summed E-state index contributed by atoms with van der Waals surface area (Å²) in [5.74, 6) is 0. The van der Waals surface area contributed by atoms with Crippen molar-refractivity contribution in [3.05, 3.63) is 75.2 Å². The zero-order valence-electron chi connectivity index (χ0n) is 15.9. The second kappa shape index (κ2) is 7.36. The Hall–Kier alpha value is -2.14. The third-order valence-corrected chi connectivity index (χ3v) is 6.72. The molecule has 0 radical (unpaired) electrons. The molecule has 2 aromatic heterocycles. The second-order valence-electron chi connectivity index (χ2n) is 7.47. The summed E-state index contributed by atoms with van der Waals surface area (Å²) in [4.78, 5) is 7.26. The highest BCUT2D eigenvalue weighted by Crippen LogP contribution is 2.33. The van der Waals surface area contributed by atoms with Gasteiger partial charge in [0, 0.05) is 65.0 Å². The van der Waals surface area contributed by atoms with Gasteiger partial charge in [-0.15, -0.1) is 11.3 Å². The number of benzene rings is 2. The summed E-state index contributed by atoms with van der Waals surface area (Å²) in [5, 5.41) is 5.48. The van der Waals surface area contributed by atoms with E-state index in [2.05, 4.69) is 58.3 Å². The monoisotopic (exact) mass is 407 g/mol. The lowest BCUT2D eigenvalue weighted by molar-refractivity contribution is 0.309. The van der Waals surface area contributed by atoms with Gasteiger partial charge in [0.25, 0.3) is 0 Å². The van der Waals surface area contributed by atoms with Crippen LogP contribution in [0.2, 0.25) is 5.02 Å². The van der Waals surface area contributed by atoms with Crippen molar-refractivity contribution in [1.82, 2.24) is 14.5 Å². The molecule has 0 N–H and O–H groups in total. The highest BCUT2D eigenvalue weighted by Gasteiger charge is 2.22. The molecule has 5 heteroatoms. The predicted octanol–water partition coefficient (Wildman–Crippen LogP) is 5.65. The Labute approximate surface area is 174 Å². The Morgan fingerprint density at radius 1 is 1.14 bits per heavy atom. The molecule has 28 heavy (non-hydrogen) atoms. The number of hydrogen-bond acceptors (Lipinski definition) is 3. The number of halogens is 1. The van der Waals surface area contributed by atoms with Gasteiger partial charge in [0.05, 0.1) is 10.7 Å². The number of aromatic nitrogens is 2. The van der Waals surface area contributed by atoms with Crippen molar-refractivity contribution in [3.63, 3.8) is 0 Å². The number of thiazole rings is 1. The van der Waals surface area contributed by atoms with Crippen LogP contribution < -0.4 is 0 Å². The largest absolute Gasteiger partial charge is 0.344 e. The zero-order valence-corrected chi connectivity index (χ0v) is 17.4. The summed E-state index contributed by atoms with van der Waals surface area (Å²) < 4.78 is 2.50. The molecule has 3 nitrogen and oxygen atoms in total. The van der Waals surface area contributed by atoms with Gasteiger partial charge in [0.1, 0.15) is 0 Å². The molecule has 0 saturated carbocycles. The number of aryl methyl sites for hydroxylation is 2. The molecule has 1 aliphatic heterocycles. The Bertz CT molecular complexity index is 1130. The third-order valence-electron chi connectivity index (χ3n) is 5.58. The average Bonchev–Trinajstić information content (AvgIpc) is 3.30. The summed E-state index contributed by atoms with van der Waals surface area (Å²) in [6.45, 7) is 3.06. The molecular formula is C23H22ClN3S. The highest BCUT2D eigenvalue weighted by atomic mass is 35.5. The van der Waals surface area contributed by atoms with Crippen LogP contribution in [0.5, 0.6) is 0 Å². The molecule has 0 bridgehead atoms. The van der Waals surface area contributed by atoms with E-state index in [9.17, 15) is 0 Å². The molecule has 0 spiro atoms. The molecular weight excluding hydrogens is 386 g/mol. The number of likely N-dealkylation sites (N-methyl/N-ethyl adjacent to an activating group) is 1. The molecule has 142 valence electrons. The normalized spacial score (nSPS) is 14.5. The van der Waals surface area contributed by atoms with Gasteiger partial charge >= 0.3 is 0 Å². The molecule has 0 amide bonds. The van der Waals surface area contributed by atoms with E-state index in [1.54, 1.807) is 11.3 Å². The fourth-order valence-corrected chi connectivity index (χ4v) is 5.16. The quantitative estimate of drug-likeness (QED) is 0.436. The maximum Gasteiger partial charge on any atom is 0.0950 e. The number of nitrogens with zero attached hydrogens (tertiary/aromatic N) is 3. The van der Waals surface area contributed by atoms with Crippen molar-refractivity contribution >= 4 is 33.8 Å². The van der Waals surface area contributed by atoms with Crippen molar-refractivity contribution in [2.45, 2.75) is 25.9 Å². The first-order chi connectivity index (χ1) is 13.7. The van der Waals surface area contributed by atoms with Gasteiger partial charge in [-0.25, -0.2) is 4.98 Å². The van der Waals surface area contributed by atoms with Gasteiger partial charge in [0.15, 0.2) is 0 Å². The summed E-state index contributed by atoms with van der Waals surface area (Å²) in [6.07, 6.45) is 2.04. The Morgan fingerprint density at radius 2 is 2.00 bits per heavy atom. The van der Waals surface area contributed by atoms with Gasteiger partial charge in [0.2, 0.25) is 0 Å². The van der Waals surface area contributed by atoms with Crippen LogP contribution in [0.15, 0.2) is 53.9 Å². The predicted molar refractivity (Wildman–Crippen MR) is 118 cm³/mol. The van der Waals surface area contributed by atoms with E-state index in [0.717, 1.165) is 43.2 Å². The summed E-state index contributed by atoms with van der Waals surface area (Å²) in [5.41, 5.74) is 6.47. The minimum absolute atomic E-state index is 0.813. The van der Waals surface area contributed by atoms with Crippen LogP contribution in [0.25, 0.3) is 22.2 Å². The summed E-state index contributed by atoms with van der Waals surface area (Å²) in [6, 6.07) is 16.7. The van der Waals surface area contributed by atoms with E-state index in [1.165, 1.54) is 32.7 Å². The fraction of sp³-hybridized carbons (Fsp3) is 0.261. The van der Waals surface area contributed by atoms with Crippen molar-refractivity contribution < 1.29 is 0 Å². The molecule has 3 heterocycles. The van der Waals surface area contributed by atoms with Crippen LogP contribution in [0.3, 0.4) is 0 Å². The average molecular weight is 408 g/mol. The highest BCUT2D eigenvalue weighted by molar-refractivity contribution is 7.09. The van der Waals surface area contributed by atoms with Crippen LogP contribution in [-0.4, -0.2) is 28.0 Å². The Balaban J connectivity index is 1.45. The van der Waals surface area contributed by atoms with E-state index in [4.69, 9.17) is 16.6 Å². The van der Waals surface area contributed by atoms with Gasteiger partial charge in [-0.3, -0.25) is 0 Å². The molecule has 2 aromatic carbocycles. The van der Waals surface area contributed by atoms with Crippen LogP contribution in [0.1, 0.15) is 16.3 Å². The SMILES string of the molecule is CN1CCc2c(c3cc(Cl)ccc3n2CCc2nc(-c3ccccc3)cs2)C1. The number of fused-ring (bicyclic) bond motifs is 3.